The number of rotatable bonds is 4. The van der Waals surface area contributed by atoms with Crippen LogP contribution in [0.2, 0.25) is 0 Å². The van der Waals surface area contributed by atoms with Gasteiger partial charge < -0.3 is 9.84 Å². The summed E-state index contributed by atoms with van der Waals surface area (Å²) >= 11 is 0. The molecule has 0 radical (unpaired) electrons. The second-order valence-electron chi connectivity index (χ2n) is 3.95. The fourth-order valence-electron chi connectivity index (χ4n) is 1.59. The molecule has 1 atom stereocenters. The van der Waals surface area contributed by atoms with Crippen molar-refractivity contribution in [1.82, 2.24) is 0 Å². The van der Waals surface area contributed by atoms with Gasteiger partial charge in [0, 0.05) is 17.7 Å². The van der Waals surface area contributed by atoms with Crippen LogP contribution in [0, 0.1) is 17.5 Å². The Labute approximate surface area is 108 Å². The summed E-state index contributed by atoms with van der Waals surface area (Å²) in [5, 5.41) is 9.74. The molecule has 2 aromatic carbocycles. The van der Waals surface area contributed by atoms with Crippen molar-refractivity contribution < 1.29 is 23.0 Å². The van der Waals surface area contributed by atoms with E-state index in [0.717, 1.165) is 18.2 Å². The fourth-order valence-corrected chi connectivity index (χ4v) is 1.59. The zero-order chi connectivity index (χ0) is 13.8. The summed E-state index contributed by atoms with van der Waals surface area (Å²) in [4.78, 5) is 0. The monoisotopic (exact) mass is 268 g/mol. The predicted octanol–water partition coefficient (Wildman–Crippen LogP) is 3.22. The second kappa shape index (κ2) is 5.75. The molecule has 0 saturated heterocycles. The molecule has 0 spiro atoms. The molecule has 0 bridgehead atoms. The van der Waals surface area contributed by atoms with Crippen molar-refractivity contribution in [1.29, 1.82) is 0 Å². The number of benzene rings is 2. The maximum absolute atomic E-state index is 13.4. The molecule has 0 heterocycles. The van der Waals surface area contributed by atoms with Gasteiger partial charge in [-0.15, -0.1) is 0 Å². The number of aliphatic hydroxyl groups is 1. The van der Waals surface area contributed by atoms with Crippen LogP contribution < -0.4 is 4.74 Å². The molecular formula is C14H11F3O2. The van der Waals surface area contributed by atoms with Crippen LogP contribution in [0.5, 0.6) is 5.75 Å². The third-order valence-electron chi connectivity index (χ3n) is 2.53. The molecule has 1 unspecified atom stereocenters. The van der Waals surface area contributed by atoms with Gasteiger partial charge in [0.05, 0.1) is 0 Å². The smallest absolute Gasteiger partial charge is 0.132 e. The zero-order valence-electron chi connectivity index (χ0n) is 9.82. The summed E-state index contributed by atoms with van der Waals surface area (Å²) in [6, 6.07) is 8.23. The Hall–Kier alpha value is -2.01. The van der Waals surface area contributed by atoms with Crippen LogP contribution in [0.4, 0.5) is 13.2 Å². The lowest BCUT2D eigenvalue weighted by Crippen LogP contribution is -2.11. The number of halogens is 3. The normalized spacial score (nSPS) is 12.2. The summed E-state index contributed by atoms with van der Waals surface area (Å²) in [6.07, 6.45) is -1.26. The Bertz CT molecular complexity index is 572. The van der Waals surface area contributed by atoms with Gasteiger partial charge in [0.1, 0.15) is 35.9 Å². The number of ether oxygens (including phenoxy) is 1. The van der Waals surface area contributed by atoms with Gasteiger partial charge in [0.15, 0.2) is 0 Å². The topological polar surface area (TPSA) is 29.5 Å². The molecule has 0 aromatic heterocycles. The van der Waals surface area contributed by atoms with Crippen molar-refractivity contribution in [3.8, 4) is 5.75 Å². The first kappa shape index (κ1) is 13.4. The maximum atomic E-state index is 13.4. The first-order valence-corrected chi connectivity index (χ1v) is 5.57. The van der Waals surface area contributed by atoms with Crippen LogP contribution in [0.1, 0.15) is 11.7 Å². The van der Waals surface area contributed by atoms with Gasteiger partial charge in [-0.3, -0.25) is 0 Å². The largest absolute Gasteiger partial charge is 0.490 e. The molecule has 2 nitrogen and oxygen atoms in total. The minimum absolute atomic E-state index is 0.0715. The van der Waals surface area contributed by atoms with Crippen molar-refractivity contribution in [2.45, 2.75) is 6.10 Å². The van der Waals surface area contributed by atoms with Gasteiger partial charge >= 0.3 is 0 Å². The van der Waals surface area contributed by atoms with E-state index in [1.165, 1.54) is 18.2 Å². The quantitative estimate of drug-likeness (QED) is 0.922. The third kappa shape index (κ3) is 3.48. The molecule has 0 fully saturated rings. The lowest BCUT2D eigenvalue weighted by molar-refractivity contribution is 0.104. The van der Waals surface area contributed by atoms with E-state index < -0.39 is 23.6 Å². The highest BCUT2D eigenvalue weighted by molar-refractivity contribution is 5.24. The predicted molar refractivity (Wildman–Crippen MR) is 63.2 cm³/mol. The molecule has 0 saturated carbocycles. The van der Waals surface area contributed by atoms with Crippen molar-refractivity contribution >= 4 is 0 Å². The summed E-state index contributed by atoms with van der Waals surface area (Å²) in [5.41, 5.74) is -0.0715. The Morgan fingerprint density at radius 3 is 2.42 bits per heavy atom. The van der Waals surface area contributed by atoms with E-state index in [4.69, 9.17) is 4.74 Å². The summed E-state index contributed by atoms with van der Waals surface area (Å²) in [5.74, 6) is -1.82. The molecular weight excluding hydrogens is 257 g/mol. The molecule has 2 rings (SSSR count). The zero-order valence-corrected chi connectivity index (χ0v) is 9.82. The highest BCUT2D eigenvalue weighted by Gasteiger charge is 2.14. The van der Waals surface area contributed by atoms with Gasteiger partial charge in [-0.1, -0.05) is 12.1 Å². The summed E-state index contributed by atoms with van der Waals surface area (Å²) in [7, 11) is 0. The van der Waals surface area contributed by atoms with E-state index in [1.54, 1.807) is 0 Å². The van der Waals surface area contributed by atoms with Gasteiger partial charge in [-0.25, -0.2) is 13.2 Å². The Morgan fingerprint density at radius 1 is 1.00 bits per heavy atom. The maximum Gasteiger partial charge on any atom is 0.132 e. The molecule has 2 aromatic rings. The van der Waals surface area contributed by atoms with Crippen LogP contribution in [-0.2, 0) is 0 Å². The van der Waals surface area contributed by atoms with Crippen molar-refractivity contribution in [3.05, 3.63) is 65.5 Å². The number of hydrogen-bond donors (Lipinski definition) is 1. The van der Waals surface area contributed by atoms with E-state index >= 15 is 0 Å². The Morgan fingerprint density at radius 2 is 1.74 bits per heavy atom. The van der Waals surface area contributed by atoms with Crippen LogP contribution in [-0.4, -0.2) is 11.7 Å². The average molecular weight is 268 g/mol. The minimum Gasteiger partial charge on any atom is -0.490 e. The summed E-state index contributed by atoms with van der Waals surface area (Å²) < 4.78 is 44.1. The molecule has 0 aliphatic carbocycles. The standard InChI is InChI=1S/C14H11F3O2/c15-9-2-1-3-11(6-9)19-8-14(18)12-5-4-10(16)7-13(12)17/h1-7,14,18H,8H2. The van der Waals surface area contributed by atoms with Crippen molar-refractivity contribution in [3.63, 3.8) is 0 Å². The minimum atomic E-state index is -1.26. The third-order valence-corrected chi connectivity index (χ3v) is 2.53. The first-order chi connectivity index (χ1) is 9.06. The highest BCUT2D eigenvalue weighted by Crippen LogP contribution is 2.20. The Kier molecular flexibility index (Phi) is 4.06. The molecule has 0 amide bonds. The van der Waals surface area contributed by atoms with E-state index in [9.17, 15) is 18.3 Å². The van der Waals surface area contributed by atoms with Gasteiger partial charge in [0.25, 0.3) is 0 Å². The van der Waals surface area contributed by atoms with E-state index in [2.05, 4.69) is 0 Å². The molecule has 1 N–H and O–H groups in total. The fraction of sp³-hybridized carbons (Fsp3) is 0.143. The van der Waals surface area contributed by atoms with E-state index in [1.807, 2.05) is 0 Å². The molecule has 0 aliphatic rings. The molecule has 19 heavy (non-hydrogen) atoms. The van der Waals surface area contributed by atoms with E-state index in [-0.39, 0.29) is 17.9 Å². The van der Waals surface area contributed by atoms with Crippen molar-refractivity contribution in [2.75, 3.05) is 6.61 Å². The highest BCUT2D eigenvalue weighted by atomic mass is 19.1. The second-order valence-corrected chi connectivity index (χ2v) is 3.95. The Balaban J connectivity index is 2.03. The lowest BCUT2D eigenvalue weighted by atomic mass is 10.1. The van der Waals surface area contributed by atoms with Crippen LogP contribution in [0.15, 0.2) is 42.5 Å². The van der Waals surface area contributed by atoms with Crippen LogP contribution in [0.3, 0.4) is 0 Å². The molecule has 100 valence electrons. The van der Waals surface area contributed by atoms with Crippen molar-refractivity contribution in [2.24, 2.45) is 0 Å². The average Bonchev–Trinajstić information content (AvgIpc) is 2.36. The van der Waals surface area contributed by atoms with E-state index in [0.29, 0.717) is 6.07 Å². The molecule has 5 heteroatoms. The number of hydrogen-bond acceptors (Lipinski definition) is 2. The van der Waals surface area contributed by atoms with Gasteiger partial charge in [-0.05, 0) is 18.2 Å². The van der Waals surface area contributed by atoms with Crippen LogP contribution >= 0.6 is 0 Å². The summed E-state index contributed by atoms with van der Waals surface area (Å²) in [6.45, 7) is -0.258. The van der Waals surface area contributed by atoms with Gasteiger partial charge in [-0.2, -0.15) is 0 Å². The SMILES string of the molecule is OC(COc1cccc(F)c1)c1ccc(F)cc1F. The molecule has 0 aliphatic heterocycles. The van der Waals surface area contributed by atoms with Gasteiger partial charge in [0.2, 0.25) is 0 Å². The number of aliphatic hydroxyl groups excluding tert-OH is 1. The van der Waals surface area contributed by atoms with Crippen LogP contribution in [0.25, 0.3) is 0 Å². The first-order valence-electron chi connectivity index (χ1n) is 5.57. The lowest BCUT2D eigenvalue weighted by Gasteiger charge is -2.13.